The van der Waals surface area contributed by atoms with Crippen LogP contribution < -0.4 is 0 Å². The van der Waals surface area contributed by atoms with Gasteiger partial charge in [-0.05, 0) is 18.6 Å². The Labute approximate surface area is 146 Å². The van der Waals surface area contributed by atoms with Crippen molar-refractivity contribution in [3.63, 3.8) is 0 Å². The zero-order valence-corrected chi connectivity index (χ0v) is 13.6. The van der Waals surface area contributed by atoms with E-state index in [4.69, 9.17) is 0 Å². The molecule has 0 saturated carbocycles. The molecule has 1 aromatic heterocycles. The molecule has 136 valence electrons. The molecule has 2 atom stereocenters. The van der Waals surface area contributed by atoms with E-state index in [9.17, 15) is 27.9 Å². The van der Waals surface area contributed by atoms with E-state index in [1.54, 1.807) is 13.0 Å². The molecular weight excluding hydrogens is 351 g/mol. The summed E-state index contributed by atoms with van der Waals surface area (Å²) in [6.45, 7) is 0.0236. The van der Waals surface area contributed by atoms with Gasteiger partial charge in [-0.15, -0.1) is 0 Å². The Kier molecular flexibility index (Phi) is 4.39. The van der Waals surface area contributed by atoms with Crippen LogP contribution in [0.25, 0.3) is 0 Å². The highest BCUT2D eigenvalue weighted by atomic mass is 19.4. The van der Waals surface area contributed by atoms with Crippen molar-refractivity contribution in [2.75, 3.05) is 6.54 Å². The minimum atomic E-state index is -4.69. The smallest absolute Gasteiger partial charge is 0.406 e. The lowest BCUT2D eigenvalue weighted by Gasteiger charge is -2.40. The molecule has 3 rings (SSSR count). The number of carbonyl (C=O) groups excluding carboxylic acids is 1. The van der Waals surface area contributed by atoms with Crippen molar-refractivity contribution in [3.8, 4) is 0 Å². The molecule has 0 saturated heterocycles. The summed E-state index contributed by atoms with van der Waals surface area (Å²) in [6, 6.07) is 4.44. The van der Waals surface area contributed by atoms with Gasteiger partial charge >= 0.3 is 12.1 Å². The number of fused-ring (bicyclic) bond motifs is 1. The Morgan fingerprint density at radius 3 is 2.42 bits per heavy atom. The maximum atomic E-state index is 13.1. The van der Waals surface area contributed by atoms with Gasteiger partial charge in [-0.2, -0.15) is 13.2 Å². The lowest BCUT2D eigenvalue weighted by molar-refractivity contribution is -0.153. The molecule has 2 heterocycles. The number of carbonyl (C=O) groups is 2. The van der Waals surface area contributed by atoms with Crippen LogP contribution in [0.15, 0.2) is 36.7 Å². The van der Waals surface area contributed by atoms with E-state index < -0.39 is 36.6 Å². The summed E-state index contributed by atoms with van der Waals surface area (Å²) in [4.78, 5) is 33.0. The van der Waals surface area contributed by atoms with Gasteiger partial charge in [0, 0.05) is 23.5 Å². The Balaban J connectivity index is 2.21. The van der Waals surface area contributed by atoms with Gasteiger partial charge in [0.05, 0.1) is 6.04 Å². The highest BCUT2D eigenvalue weighted by Crippen LogP contribution is 2.43. The van der Waals surface area contributed by atoms with Crippen molar-refractivity contribution in [2.45, 2.75) is 25.1 Å². The average molecular weight is 365 g/mol. The van der Waals surface area contributed by atoms with Gasteiger partial charge in [0.25, 0.3) is 5.91 Å². The minimum Gasteiger partial charge on any atom is -0.481 e. The Morgan fingerprint density at radius 2 is 1.85 bits per heavy atom. The first-order valence-electron chi connectivity index (χ1n) is 7.67. The first-order valence-corrected chi connectivity index (χ1v) is 7.67. The first-order chi connectivity index (χ1) is 12.2. The quantitative estimate of drug-likeness (QED) is 0.904. The third-order valence-corrected chi connectivity index (χ3v) is 4.20. The number of hydrogen-bond donors (Lipinski definition) is 1. The number of carboxylic acids is 1. The number of aromatic nitrogens is 2. The third kappa shape index (κ3) is 3.24. The second-order valence-corrected chi connectivity index (χ2v) is 5.96. The van der Waals surface area contributed by atoms with E-state index in [2.05, 4.69) is 9.97 Å². The van der Waals surface area contributed by atoms with Crippen LogP contribution in [0.2, 0.25) is 0 Å². The zero-order chi connectivity index (χ0) is 19.1. The van der Waals surface area contributed by atoms with Gasteiger partial charge in [0.1, 0.15) is 18.3 Å². The monoisotopic (exact) mass is 365 g/mol. The molecule has 0 bridgehead atoms. The number of rotatable bonds is 3. The molecule has 26 heavy (non-hydrogen) atoms. The van der Waals surface area contributed by atoms with Crippen molar-refractivity contribution in [1.82, 2.24) is 14.9 Å². The van der Waals surface area contributed by atoms with E-state index in [-0.39, 0.29) is 16.7 Å². The predicted molar refractivity (Wildman–Crippen MR) is 83.4 cm³/mol. The minimum absolute atomic E-state index is 0.0477. The van der Waals surface area contributed by atoms with Crippen LogP contribution in [0.5, 0.6) is 0 Å². The summed E-state index contributed by atoms with van der Waals surface area (Å²) < 4.78 is 39.3. The molecule has 6 nitrogen and oxygen atoms in total. The molecule has 2 aromatic rings. The van der Waals surface area contributed by atoms with Crippen LogP contribution in [0.1, 0.15) is 39.3 Å². The van der Waals surface area contributed by atoms with Gasteiger partial charge in [0.15, 0.2) is 0 Å². The Hall–Kier alpha value is -2.97. The average Bonchev–Trinajstić information content (AvgIpc) is 2.56. The van der Waals surface area contributed by atoms with Gasteiger partial charge in [-0.3, -0.25) is 9.59 Å². The van der Waals surface area contributed by atoms with Crippen molar-refractivity contribution >= 4 is 11.9 Å². The Morgan fingerprint density at radius 1 is 1.23 bits per heavy atom. The van der Waals surface area contributed by atoms with Gasteiger partial charge in [0.2, 0.25) is 0 Å². The number of benzene rings is 1. The SMILES string of the molecule is Cc1ncc(C2C(C(=O)O)c3ccccc3C(=O)N2CC(F)(F)F)cn1. The number of aliphatic carboxylic acids is 1. The summed E-state index contributed by atoms with van der Waals surface area (Å²) in [5, 5.41) is 9.71. The van der Waals surface area contributed by atoms with Crippen molar-refractivity contribution in [2.24, 2.45) is 0 Å². The molecule has 1 aromatic carbocycles. The summed E-state index contributed by atoms with van der Waals surface area (Å²) in [7, 11) is 0. The van der Waals surface area contributed by atoms with Crippen LogP contribution in [0.4, 0.5) is 13.2 Å². The number of halogens is 3. The van der Waals surface area contributed by atoms with Crippen LogP contribution in [0.3, 0.4) is 0 Å². The number of nitrogens with zero attached hydrogens (tertiary/aromatic N) is 3. The number of hydrogen-bond acceptors (Lipinski definition) is 4. The number of alkyl halides is 3. The van der Waals surface area contributed by atoms with E-state index in [0.29, 0.717) is 10.7 Å². The maximum Gasteiger partial charge on any atom is 0.406 e. The van der Waals surface area contributed by atoms with Gasteiger partial charge in [-0.25, -0.2) is 9.97 Å². The fourth-order valence-corrected chi connectivity index (χ4v) is 3.15. The normalized spacial score (nSPS) is 20.0. The van der Waals surface area contributed by atoms with E-state index in [0.717, 1.165) is 0 Å². The lowest BCUT2D eigenvalue weighted by atomic mass is 9.80. The molecule has 9 heteroatoms. The van der Waals surface area contributed by atoms with E-state index in [1.807, 2.05) is 0 Å². The van der Waals surface area contributed by atoms with Gasteiger partial charge < -0.3 is 10.0 Å². The lowest BCUT2D eigenvalue weighted by Crippen LogP contribution is -2.48. The summed E-state index contributed by atoms with van der Waals surface area (Å²) in [6.07, 6.45) is -2.17. The Bertz CT molecular complexity index is 852. The fraction of sp³-hybridized carbons (Fsp3) is 0.294. The standard InChI is InChI=1S/C17H14F3N3O3/c1-9-21-6-10(7-22-9)14-13(16(25)26)11-4-2-3-5-12(11)15(24)23(14)8-17(18,19)20/h2-7,13-14H,8H2,1H3,(H,25,26). The highest BCUT2D eigenvalue weighted by Gasteiger charge is 2.48. The third-order valence-electron chi connectivity index (χ3n) is 4.20. The molecule has 0 aliphatic carbocycles. The van der Waals surface area contributed by atoms with Crippen molar-refractivity contribution in [3.05, 3.63) is 59.2 Å². The fourth-order valence-electron chi connectivity index (χ4n) is 3.15. The summed E-state index contributed by atoms with van der Waals surface area (Å²) in [5.41, 5.74) is 0.262. The van der Waals surface area contributed by atoms with Crippen LogP contribution in [-0.2, 0) is 4.79 Å². The van der Waals surface area contributed by atoms with E-state index in [1.165, 1.54) is 30.6 Å². The molecule has 1 aliphatic rings. The highest BCUT2D eigenvalue weighted by molar-refractivity contribution is 6.00. The van der Waals surface area contributed by atoms with Gasteiger partial charge in [-0.1, -0.05) is 18.2 Å². The number of amides is 1. The zero-order valence-electron chi connectivity index (χ0n) is 13.6. The van der Waals surface area contributed by atoms with Crippen LogP contribution in [-0.4, -0.2) is 44.6 Å². The first kappa shape index (κ1) is 17.8. The van der Waals surface area contributed by atoms with Crippen molar-refractivity contribution in [1.29, 1.82) is 0 Å². The second kappa shape index (κ2) is 6.40. The summed E-state index contributed by atoms with van der Waals surface area (Å²) >= 11 is 0. The summed E-state index contributed by atoms with van der Waals surface area (Å²) in [5.74, 6) is -3.19. The topological polar surface area (TPSA) is 83.4 Å². The molecule has 1 N–H and O–H groups in total. The largest absolute Gasteiger partial charge is 0.481 e. The number of carboxylic acid groups (broad SMARTS) is 1. The molecular formula is C17H14F3N3O3. The van der Waals surface area contributed by atoms with E-state index >= 15 is 0 Å². The molecule has 1 amide bonds. The predicted octanol–water partition coefficient (Wildman–Crippen LogP) is 2.71. The number of aryl methyl sites for hydroxylation is 1. The molecule has 0 radical (unpaired) electrons. The molecule has 0 spiro atoms. The molecule has 0 fully saturated rings. The van der Waals surface area contributed by atoms with Crippen LogP contribution >= 0.6 is 0 Å². The molecule has 1 aliphatic heterocycles. The van der Waals surface area contributed by atoms with Crippen molar-refractivity contribution < 1.29 is 27.9 Å². The second-order valence-electron chi connectivity index (χ2n) is 5.96. The van der Waals surface area contributed by atoms with Crippen LogP contribution in [0, 0.1) is 6.92 Å². The molecule has 2 unspecified atom stereocenters. The maximum absolute atomic E-state index is 13.1.